The molecule has 3 rings (SSSR count). The minimum Gasteiger partial charge on any atom is -0.384 e. The molecule has 0 aromatic carbocycles. The van der Waals surface area contributed by atoms with Gasteiger partial charge < -0.3 is 5.11 Å². The number of hydrogen-bond donors (Lipinski definition) is 1. The lowest BCUT2D eigenvalue weighted by Gasteiger charge is -2.49. The van der Waals surface area contributed by atoms with Gasteiger partial charge in [-0.25, -0.2) is 0 Å². The highest BCUT2D eigenvalue weighted by molar-refractivity contribution is 7.12. The number of aliphatic hydroxyl groups excluding tert-OH is 1. The predicted octanol–water partition coefficient (Wildman–Crippen LogP) is 2.15. The lowest BCUT2D eigenvalue weighted by atomic mass is 9.97. The predicted molar refractivity (Wildman–Crippen MR) is 87.4 cm³/mol. The van der Waals surface area contributed by atoms with Gasteiger partial charge in [0.15, 0.2) is 0 Å². The van der Waals surface area contributed by atoms with E-state index in [0.717, 1.165) is 23.5 Å². The van der Waals surface area contributed by atoms with Crippen LogP contribution in [0.25, 0.3) is 0 Å². The number of likely N-dealkylation sites (tertiary alicyclic amines) is 2. The summed E-state index contributed by atoms with van der Waals surface area (Å²) >= 11 is 1.75. The molecular weight excluding hydrogens is 280 g/mol. The second-order valence-corrected chi connectivity index (χ2v) is 7.32. The Balaban J connectivity index is 1.47. The maximum absolute atomic E-state index is 8.72. The van der Waals surface area contributed by atoms with Crippen molar-refractivity contribution in [1.29, 1.82) is 0 Å². The fourth-order valence-corrected chi connectivity index (χ4v) is 4.35. The SMILES string of the molecule is C[C@@H]1CCCCN1C1CN(Cc2ccc(C#CCO)s2)C1. The van der Waals surface area contributed by atoms with Crippen LogP contribution in [0.3, 0.4) is 0 Å². The topological polar surface area (TPSA) is 26.7 Å². The molecule has 0 aliphatic carbocycles. The molecule has 1 aromatic rings. The van der Waals surface area contributed by atoms with E-state index in [1.807, 2.05) is 0 Å². The van der Waals surface area contributed by atoms with E-state index in [-0.39, 0.29) is 6.61 Å². The van der Waals surface area contributed by atoms with Crippen molar-refractivity contribution < 1.29 is 5.11 Å². The zero-order chi connectivity index (χ0) is 14.7. The molecular formula is C17H24N2OS. The molecule has 0 bridgehead atoms. The Morgan fingerprint density at radius 2 is 2.19 bits per heavy atom. The molecule has 2 aliphatic heterocycles. The molecule has 0 amide bonds. The molecule has 3 nitrogen and oxygen atoms in total. The first-order chi connectivity index (χ1) is 10.3. The summed E-state index contributed by atoms with van der Waals surface area (Å²) in [6, 6.07) is 5.78. The van der Waals surface area contributed by atoms with E-state index >= 15 is 0 Å². The monoisotopic (exact) mass is 304 g/mol. The highest BCUT2D eigenvalue weighted by Crippen LogP contribution is 2.26. The van der Waals surface area contributed by atoms with E-state index in [1.165, 1.54) is 43.8 Å². The van der Waals surface area contributed by atoms with Crippen LogP contribution < -0.4 is 0 Å². The molecule has 2 saturated heterocycles. The van der Waals surface area contributed by atoms with Crippen LogP contribution >= 0.6 is 11.3 Å². The van der Waals surface area contributed by atoms with E-state index < -0.39 is 0 Å². The van der Waals surface area contributed by atoms with Crippen molar-refractivity contribution >= 4 is 11.3 Å². The van der Waals surface area contributed by atoms with Gasteiger partial charge in [0.2, 0.25) is 0 Å². The van der Waals surface area contributed by atoms with Crippen LogP contribution in [-0.4, -0.2) is 53.2 Å². The molecule has 114 valence electrons. The molecule has 0 radical (unpaired) electrons. The van der Waals surface area contributed by atoms with Gasteiger partial charge in [-0.2, -0.15) is 0 Å². The Kier molecular flexibility index (Phi) is 4.97. The standard InChI is InChI=1S/C17H24N2OS/c1-14-5-2-3-9-19(14)15-11-18(12-15)13-17-8-7-16(21-17)6-4-10-20/h7-8,14-15,20H,2-3,5,9-13H2,1H3/t14-/m1/s1. The lowest BCUT2D eigenvalue weighted by molar-refractivity contribution is -0.00574. The minimum atomic E-state index is -0.0605. The molecule has 3 heterocycles. The second kappa shape index (κ2) is 6.93. The Hall–Kier alpha value is -0.860. The van der Waals surface area contributed by atoms with Crippen molar-refractivity contribution in [1.82, 2.24) is 9.80 Å². The second-order valence-electron chi connectivity index (χ2n) is 6.16. The van der Waals surface area contributed by atoms with Gasteiger partial charge in [0.05, 0.1) is 4.88 Å². The van der Waals surface area contributed by atoms with Crippen LogP contribution in [0.1, 0.15) is 35.9 Å². The van der Waals surface area contributed by atoms with Gasteiger partial charge in [-0.05, 0) is 38.4 Å². The molecule has 4 heteroatoms. The van der Waals surface area contributed by atoms with Gasteiger partial charge in [0.1, 0.15) is 6.61 Å². The molecule has 21 heavy (non-hydrogen) atoms. The summed E-state index contributed by atoms with van der Waals surface area (Å²) in [5, 5.41) is 8.72. The van der Waals surface area contributed by atoms with Crippen LogP contribution in [0.4, 0.5) is 0 Å². The van der Waals surface area contributed by atoms with Crippen molar-refractivity contribution in [3.8, 4) is 11.8 Å². The third-order valence-electron chi connectivity index (χ3n) is 4.59. The quantitative estimate of drug-likeness (QED) is 0.867. The van der Waals surface area contributed by atoms with E-state index in [4.69, 9.17) is 5.11 Å². The first kappa shape index (κ1) is 15.1. The van der Waals surface area contributed by atoms with Gasteiger partial charge >= 0.3 is 0 Å². The highest BCUT2D eigenvalue weighted by atomic mass is 32.1. The molecule has 2 aliphatic rings. The summed E-state index contributed by atoms with van der Waals surface area (Å²) in [7, 11) is 0. The average molecular weight is 304 g/mol. The molecule has 0 spiro atoms. The van der Waals surface area contributed by atoms with Crippen molar-refractivity contribution in [3.63, 3.8) is 0 Å². The first-order valence-electron chi connectivity index (χ1n) is 7.93. The summed E-state index contributed by atoms with van der Waals surface area (Å²) < 4.78 is 0. The van der Waals surface area contributed by atoms with Crippen LogP contribution in [-0.2, 0) is 6.54 Å². The van der Waals surface area contributed by atoms with E-state index in [2.05, 4.69) is 40.7 Å². The zero-order valence-corrected chi connectivity index (χ0v) is 13.5. The Bertz CT molecular complexity index is 524. The van der Waals surface area contributed by atoms with Crippen LogP contribution in [0.15, 0.2) is 12.1 Å². The summed E-state index contributed by atoms with van der Waals surface area (Å²) in [5.41, 5.74) is 0. The minimum absolute atomic E-state index is 0.0605. The fraction of sp³-hybridized carbons (Fsp3) is 0.647. The Morgan fingerprint density at radius 3 is 2.95 bits per heavy atom. The normalized spacial score (nSPS) is 24.4. The third kappa shape index (κ3) is 3.67. The van der Waals surface area contributed by atoms with E-state index in [0.29, 0.717) is 0 Å². The smallest absolute Gasteiger partial charge is 0.104 e. The van der Waals surface area contributed by atoms with Crippen molar-refractivity contribution in [2.45, 2.75) is 44.8 Å². The largest absolute Gasteiger partial charge is 0.384 e. The average Bonchev–Trinajstić information content (AvgIpc) is 2.89. The Labute approximate surface area is 131 Å². The molecule has 1 atom stereocenters. The highest BCUT2D eigenvalue weighted by Gasteiger charge is 2.34. The molecule has 1 N–H and O–H groups in total. The van der Waals surface area contributed by atoms with Crippen LogP contribution in [0.2, 0.25) is 0 Å². The van der Waals surface area contributed by atoms with Crippen molar-refractivity contribution in [3.05, 3.63) is 21.9 Å². The molecule has 0 saturated carbocycles. The first-order valence-corrected chi connectivity index (χ1v) is 8.74. The number of thiophene rings is 1. The van der Waals surface area contributed by atoms with E-state index in [1.54, 1.807) is 11.3 Å². The maximum atomic E-state index is 8.72. The van der Waals surface area contributed by atoms with Gasteiger partial charge in [0.25, 0.3) is 0 Å². The number of rotatable bonds is 3. The number of aliphatic hydroxyl groups is 1. The Morgan fingerprint density at radius 1 is 1.33 bits per heavy atom. The van der Waals surface area contributed by atoms with Gasteiger partial charge in [-0.3, -0.25) is 9.80 Å². The van der Waals surface area contributed by atoms with Crippen LogP contribution in [0, 0.1) is 11.8 Å². The van der Waals surface area contributed by atoms with Gasteiger partial charge in [-0.15, -0.1) is 11.3 Å². The molecule has 0 unspecified atom stereocenters. The molecule has 1 aromatic heterocycles. The van der Waals surface area contributed by atoms with Gasteiger partial charge in [-0.1, -0.05) is 18.3 Å². The van der Waals surface area contributed by atoms with Gasteiger partial charge in [0, 0.05) is 36.6 Å². The zero-order valence-electron chi connectivity index (χ0n) is 12.7. The molecule has 2 fully saturated rings. The third-order valence-corrected chi connectivity index (χ3v) is 5.58. The summed E-state index contributed by atoms with van der Waals surface area (Å²) in [6.07, 6.45) is 4.15. The maximum Gasteiger partial charge on any atom is 0.104 e. The van der Waals surface area contributed by atoms with E-state index in [9.17, 15) is 0 Å². The number of nitrogens with zero attached hydrogens (tertiary/aromatic N) is 2. The fourth-order valence-electron chi connectivity index (χ4n) is 3.42. The van der Waals surface area contributed by atoms with Crippen molar-refractivity contribution in [2.75, 3.05) is 26.2 Å². The summed E-state index contributed by atoms with van der Waals surface area (Å²) in [6.45, 7) is 7.08. The number of hydrogen-bond acceptors (Lipinski definition) is 4. The van der Waals surface area contributed by atoms with Crippen LogP contribution in [0.5, 0.6) is 0 Å². The summed E-state index contributed by atoms with van der Waals surface area (Å²) in [4.78, 5) is 7.68. The summed E-state index contributed by atoms with van der Waals surface area (Å²) in [5.74, 6) is 5.69. The lowest BCUT2D eigenvalue weighted by Crippen LogP contribution is -2.61. The number of piperidine rings is 1. The van der Waals surface area contributed by atoms with Crippen molar-refractivity contribution in [2.24, 2.45) is 0 Å².